The first-order chi connectivity index (χ1) is 20.2. The smallest absolute Gasteiger partial charge is 0.331 e. The summed E-state index contributed by atoms with van der Waals surface area (Å²) in [6, 6.07) is 23.8. The fraction of sp³-hybridized carbons (Fsp3) is 0.361. The van der Waals surface area contributed by atoms with Crippen molar-refractivity contribution in [2.45, 2.75) is 87.8 Å². The fourth-order valence-corrected chi connectivity index (χ4v) is 6.29. The molecular formula is C36H39NO4S. The Hall–Kier alpha value is -3.64. The molecule has 0 amide bonds. The minimum Gasteiger partial charge on any atom is -0.453 e. The third kappa shape index (κ3) is 7.60. The molecule has 0 aliphatic heterocycles. The van der Waals surface area contributed by atoms with Crippen molar-refractivity contribution in [2.24, 2.45) is 11.1 Å². The summed E-state index contributed by atoms with van der Waals surface area (Å²) in [6.07, 6.45) is 8.36. The summed E-state index contributed by atoms with van der Waals surface area (Å²) in [5.41, 5.74) is 4.33. The number of ketones is 1. The Balaban J connectivity index is 1.24. The maximum atomic E-state index is 13.2. The average molecular weight is 582 g/mol. The van der Waals surface area contributed by atoms with Gasteiger partial charge in [0.05, 0.1) is 5.71 Å². The molecule has 1 fully saturated rings. The van der Waals surface area contributed by atoms with Gasteiger partial charge in [-0.25, -0.2) is 4.79 Å². The van der Waals surface area contributed by atoms with Gasteiger partial charge >= 0.3 is 5.97 Å². The lowest BCUT2D eigenvalue weighted by atomic mass is 9.85. The molecule has 0 unspecified atom stereocenters. The second-order valence-corrected chi connectivity index (χ2v) is 13.4. The van der Waals surface area contributed by atoms with E-state index in [1.54, 1.807) is 11.8 Å². The van der Waals surface area contributed by atoms with Crippen LogP contribution < -0.4 is 0 Å². The van der Waals surface area contributed by atoms with Gasteiger partial charge < -0.3 is 9.25 Å². The number of carbonyl (C=O) groups excluding carboxylic acids is 2. The largest absolute Gasteiger partial charge is 0.453 e. The predicted octanol–water partition coefficient (Wildman–Crippen LogP) is 9.74. The first kappa shape index (κ1) is 29.8. The molecule has 0 atom stereocenters. The highest BCUT2D eigenvalue weighted by Crippen LogP contribution is 2.32. The van der Waals surface area contributed by atoms with Gasteiger partial charge in [0.15, 0.2) is 5.76 Å². The van der Waals surface area contributed by atoms with Crippen molar-refractivity contribution in [3.05, 3.63) is 95.2 Å². The number of oxime groups is 1. The maximum absolute atomic E-state index is 13.2. The molecule has 1 saturated carbocycles. The van der Waals surface area contributed by atoms with Crippen LogP contribution in [-0.2, 0) is 15.0 Å². The zero-order chi connectivity index (χ0) is 29.7. The lowest BCUT2D eigenvalue weighted by Gasteiger charge is -2.21. The summed E-state index contributed by atoms with van der Waals surface area (Å²) in [6.45, 7) is 7.89. The quantitative estimate of drug-likeness (QED) is 0.0852. The van der Waals surface area contributed by atoms with E-state index in [9.17, 15) is 9.59 Å². The van der Waals surface area contributed by atoms with Gasteiger partial charge in [0.25, 0.3) is 0 Å². The van der Waals surface area contributed by atoms with Crippen LogP contribution in [0.25, 0.3) is 11.0 Å². The molecule has 1 aliphatic carbocycles. The number of furan rings is 1. The van der Waals surface area contributed by atoms with Crippen LogP contribution >= 0.6 is 11.8 Å². The van der Waals surface area contributed by atoms with Crippen LogP contribution in [0.1, 0.15) is 99.9 Å². The van der Waals surface area contributed by atoms with E-state index in [0.29, 0.717) is 11.3 Å². The molecule has 0 N–H and O–H groups in total. The Morgan fingerprint density at radius 3 is 2.14 bits per heavy atom. The maximum Gasteiger partial charge on any atom is 0.331 e. The highest BCUT2D eigenvalue weighted by molar-refractivity contribution is 7.99. The van der Waals surface area contributed by atoms with Gasteiger partial charge in [-0.05, 0) is 89.9 Å². The second-order valence-electron chi connectivity index (χ2n) is 12.3. The molecule has 6 heteroatoms. The Morgan fingerprint density at radius 1 is 0.881 bits per heavy atom. The zero-order valence-electron chi connectivity index (χ0n) is 24.9. The first-order valence-electron chi connectivity index (χ1n) is 14.9. The summed E-state index contributed by atoms with van der Waals surface area (Å²) in [5, 5.41) is 5.13. The van der Waals surface area contributed by atoms with E-state index >= 15 is 0 Å². The van der Waals surface area contributed by atoms with Crippen molar-refractivity contribution in [1.82, 2.24) is 0 Å². The molecule has 3 aromatic carbocycles. The zero-order valence-corrected chi connectivity index (χ0v) is 25.8. The van der Waals surface area contributed by atoms with Crippen LogP contribution in [0.5, 0.6) is 0 Å². The third-order valence-electron chi connectivity index (χ3n) is 7.94. The SMILES string of the molecule is CC(=O)O/N=C(/CCC1CCCCC1)c1ccc(Sc2ccc(C(=O)c3cc4cc(C(C)(C)C)ccc4o3)cc2)cc1. The summed E-state index contributed by atoms with van der Waals surface area (Å²) in [5.74, 6) is 0.535. The Kier molecular flexibility index (Phi) is 9.32. The van der Waals surface area contributed by atoms with Crippen LogP contribution in [0.2, 0.25) is 0 Å². The summed E-state index contributed by atoms with van der Waals surface area (Å²) < 4.78 is 5.90. The van der Waals surface area contributed by atoms with Crippen LogP contribution in [0.4, 0.5) is 0 Å². The van der Waals surface area contributed by atoms with Gasteiger partial charge in [-0.2, -0.15) is 0 Å². The molecule has 5 nitrogen and oxygen atoms in total. The van der Waals surface area contributed by atoms with E-state index < -0.39 is 5.97 Å². The molecule has 4 aromatic rings. The highest BCUT2D eigenvalue weighted by Gasteiger charge is 2.19. The van der Waals surface area contributed by atoms with E-state index in [-0.39, 0.29) is 11.2 Å². The first-order valence-corrected chi connectivity index (χ1v) is 15.7. The predicted molar refractivity (Wildman–Crippen MR) is 169 cm³/mol. The number of rotatable bonds is 9. The molecule has 218 valence electrons. The molecule has 1 aromatic heterocycles. The van der Waals surface area contributed by atoms with E-state index in [1.165, 1.54) is 44.6 Å². The summed E-state index contributed by atoms with van der Waals surface area (Å²) in [7, 11) is 0. The minimum atomic E-state index is -0.408. The van der Waals surface area contributed by atoms with Gasteiger partial charge in [-0.15, -0.1) is 0 Å². The van der Waals surface area contributed by atoms with Crippen molar-refractivity contribution < 1.29 is 18.8 Å². The molecule has 42 heavy (non-hydrogen) atoms. The number of carbonyl (C=O) groups is 2. The van der Waals surface area contributed by atoms with E-state index in [2.05, 4.69) is 50.2 Å². The van der Waals surface area contributed by atoms with Gasteiger partial charge in [0, 0.05) is 27.7 Å². The lowest BCUT2D eigenvalue weighted by Crippen LogP contribution is -2.10. The molecule has 1 aliphatic rings. The molecular weight excluding hydrogens is 542 g/mol. The van der Waals surface area contributed by atoms with Gasteiger partial charge in [0.1, 0.15) is 5.58 Å². The monoisotopic (exact) mass is 581 g/mol. The van der Waals surface area contributed by atoms with E-state index in [0.717, 1.165) is 50.8 Å². The van der Waals surface area contributed by atoms with Gasteiger partial charge in [-0.3, -0.25) is 4.79 Å². The normalized spacial score (nSPS) is 14.7. The van der Waals surface area contributed by atoms with Crippen molar-refractivity contribution in [3.8, 4) is 0 Å². The van der Waals surface area contributed by atoms with Crippen LogP contribution in [0, 0.1) is 5.92 Å². The number of hydrogen-bond acceptors (Lipinski definition) is 6. The van der Waals surface area contributed by atoms with Gasteiger partial charge in [-0.1, -0.05) is 88.0 Å². The number of fused-ring (bicyclic) bond motifs is 1. The van der Waals surface area contributed by atoms with Gasteiger partial charge in [0.2, 0.25) is 5.78 Å². The molecule has 0 radical (unpaired) electrons. The molecule has 0 spiro atoms. The standard InChI is InChI=1S/C36H39NO4S/c1-24(38)41-37-32(20-10-25-8-6-5-7-9-25)26-11-16-30(17-12-26)42-31-18-13-27(14-19-31)35(39)34-23-28-22-29(36(2,3)4)15-21-33(28)40-34/h11-19,21-23,25H,5-10,20H2,1-4H3/b37-32-. The van der Waals surface area contributed by atoms with Crippen LogP contribution in [-0.4, -0.2) is 17.5 Å². The number of benzene rings is 3. The van der Waals surface area contributed by atoms with Crippen molar-refractivity contribution in [2.75, 3.05) is 0 Å². The second kappa shape index (κ2) is 13.1. The summed E-state index contributed by atoms with van der Waals surface area (Å²) >= 11 is 1.63. The topological polar surface area (TPSA) is 68.9 Å². The average Bonchev–Trinajstić information content (AvgIpc) is 3.42. The lowest BCUT2D eigenvalue weighted by molar-refractivity contribution is -0.140. The summed E-state index contributed by atoms with van der Waals surface area (Å²) in [4.78, 5) is 31.7. The highest BCUT2D eigenvalue weighted by atomic mass is 32.2. The Bertz CT molecular complexity index is 1570. The van der Waals surface area contributed by atoms with Crippen LogP contribution in [0.3, 0.4) is 0 Å². The molecule has 1 heterocycles. The van der Waals surface area contributed by atoms with Crippen LogP contribution in [0.15, 0.2) is 92.2 Å². The van der Waals surface area contributed by atoms with Crippen molar-refractivity contribution in [1.29, 1.82) is 0 Å². The number of hydrogen-bond donors (Lipinski definition) is 0. The Morgan fingerprint density at radius 2 is 1.52 bits per heavy atom. The van der Waals surface area contributed by atoms with Crippen molar-refractivity contribution in [3.63, 3.8) is 0 Å². The minimum absolute atomic E-state index is 0.0256. The van der Waals surface area contributed by atoms with E-state index in [1.807, 2.05) is 48.5 Å². The fourth-order valence-electron chi connectivity index (χ4n) is 5.47. The number of nitrogens with zero attached hydrogens (tertiary/aromatic N) is 1. The Labute approximate surface area is 252 Å². The molecule has 0 saturated heterocycles. The van der Waals surface area contributed by atoms with Crippen molar-refractivity contribution >= 4 is 40.2 Å². The molecule has 0 bridgehead atoms. The molecule has 5 rings (SSSR count). The van der Waals surface area contributed by atoms with E-state index in [4.69, 9.17) is 9.25 Å². The third-order valence-corrected chi connectivity index (χ3v) is 8.96.